The highest BCUT2D eigenvalue weighted by Crippen LogP contribution is 2.46. The third-order valence-electron chi connectivity index (χ3n) is 9.83. The first-order valence-corrected chi connectivity index (χ1v) is 15.3. The third kappa shape index (κ3) is 5.32. The van der Waals surface area contributed by atoms with Crippen LogP contribution in [0.25, 0.3) is 11.2 Å². The van der Waals surface area contributed by atoms with Crippen LogP contribution >= 0.6 is 0 Å². The van der Waals surface area contributed by atoms with Gasteiger partial charge in [0.25, 0.3) is 0 Å². The number of hydrogen-bond donors (Lipinski definition) is 1. The number of imidazole rings is 1. The first-order valence-electron chi connectivity index (χ1n) is 15.3. The van der Waals surface area contributed by atoms with E-state index in [2.05, 4.69) is 20.4 Å². The number of Topliss-reactive ketones (excluding diaryl/α,β-unsaturated/α-hetero) is 1. The fraction of sp³-hybridized carbons (Fsp3) is 0.500. The average molecular weight is 608 g/mol. The number of ketones is 1. The molecule has 12 heteroatoms. The number of carbonyl (C=O) groups excluding carboxylic acids is 1. The number of likely N-dealkylation sites (tertiary alicyclic amines) is 1. The number of piperazine rings is 1. The van der Waals surface area contributed by atoms with Crippen molar-refractivity contribution in [1.82, 2.24) is 19.2 Å². The number of alkyl halides is 3. The van der Waals surface area contributed by atoms with Gasteiger partial charge in [-0.3, -0.25) is 18.7 Å². The normalized spacial score (nSPS) is 25.3. The van der Waals surface area contributed by atoms with Crippen LogP contribution in [0.4, 0.5) is 13.2 Å². The van der Waals surface area contributed by atoms with Crippen molar-refractivity contribution in [3.8, 4) is 5.69 Å². The molecule has 2 saturated heterocycles. The standard InChI is InChI=1S/C32H36F3N7O2/c1-19(43)23-10-24-15-40(16-25(11-23)37-24)13-20-9-27(32(33,34)35)28-17-41(31(44)42(28)14-20)26-8-4-7-22(12-26)29(21-5-3-6-21)30-38-36-18-39(30)2/h4,7-9,12,14,17-18,21,23-25,29,37H,3,5-6,10-11,13,15-16H2,1-2H3/q+1/t23?,24?,25?,29-/m1/s1. The van der Waals surface area contributed by atoms with Crippen molar-refractivity contribution in [2.75, 3.05) is 20.1 Å². The minimum atomic E-state index is -4.64. The van der Waals surface area contributed by atoms with E-state index in [9.17, 15) is 22.8 Å². The molecule has 3 aliphatic heterocycles. The number of azo groups is 1. The molecule has 4 aliphatic rings. The summed E-state index contributed by atoms with van der Waals surface area (Å²) in [6.45, 7) is 3.18. The van der Waals surface area contributed by atoms with Crippen LogP contribution < -0.4 is 11.0 Å². The highest BCUT2D eigenvalue weighted by Gasteiger charge is 2.42. The minimum Gasteiger partial charge on any atom is -0.309 e. The highest BCUT2D eigenvalue weighted by molar-refractivity contribution is 5.78. The Morgan fingerprint density at radius 2 is 1.89 bits per heavy atom. The topological polar surface area (TPSA) is 86.5 Å². The van der Waals surface area contributed by atoms with Crippen LogP contribution in [0.2, 0.25) is 0 Å². The Hall–Kier alpha value is -3.64. The number of rotatable bonds is 7. The maximum Gasteiger partial charge on any atom is 0.418 e. The Balaban J connectivity index is 1.22. The molecule has 1 N–H and O–H groups in total. The molecule has 2 aromatic heterocycles. The molecule has 0 amide bonds. The Bertz CT molecular complexity index is 1710. The molecule has 1 saturated carbocycles. The van der Waals surface area contributed by atoms with Crippen molar-refractivity contribution in [2.45, 2.75) is 69.8 Å². The second-order valence-corrected chi connectivity index (χ2v) is 12.9. The number of piperidine rings is 1. The molecule has 3 fully saturated rings. The van der Waals surface area contributed by atoms with Crippen LogP contribution in [0.3, 0.4) is 0 Å². The molecular weight excluding hydrogens is 571 g/mol. The highest BCUT2D eigenvalue weighted by atomic mass is 19.4. The number of halogens is 3. The number of aromatic nitrogens is 2. The van der Waals surface area contributed by atoms with Gasteiger partial charge in [-0.05, 0) is 73.0 Å². The summed E-state index contributed by atoms with van der Waals surface area (Å²) in [5.74, 6) is 0.584. The van der Waals surface area contributed by atoms with Gasteiger partial charge in [0.05, 0.1) is 34.8 Å². The molecule has 0 spiro atoms. The van der Waals surface area contributed by atoms with Gasteiger partial charge in [-0.15, -0.1) is 0 Å². The summed E-state index contributed by atoms with van der Waals surface area (Å²) in [5.41, 5.74) is 0.326. The van der Waals surface area contributed by atoms with Crippen LogP contribution in [-0.2, 0) is 17.5 Å². The van der Waals surface area contributed by atoms with E-state index in [1.54, 1.807) is 25.5 Å². The average Bonchev–Trinajstić information content (AvgIpc) is 3.51. The number of carbonyl (C=O) groups is 1. The van der Waals surface area contributed by atoms with Crippen molar-refractivity contribution < 1.29 is 22.5 Å². The molecule has 2 bridgehead atoms. The number of benzene rings is 1. The summed E-state index contributed by atoms with van der Waals surface area (Å²) in [6, 6.07) is 8.87. The number of fused-ring (bicyclic) bond motifs is 3. The van der Waals surface area contributed by atoms with E-state index >= 15 is 0 Å². The van der Waals surface area contributed by atoms with Crippen LogP contribution in [0, 0.1) is 18.0 Å². The van der Waals surface area contributed by atoms with Crippen LogP contribution in [0.5, 0.6) is 0 Å². The van der Waals surface area contributed by atoms with Crippen molar-refractivity contribution >= 4 is 17.6 Å². The zero-order valence-corrected chi connectivity index (χ0v) is 24.8. The second kappa shape index (κ2) is 11.1. The lowest BCUT2D eigenvalue weighted by Gasteiger charge is -2.44. The quantitative estimate of drug-likeness (QED) is 0.393. The zero-order chi connectivity index (χ0) is 30.7. The molecule has 3 aromatic rings. The minimum absolute atomic E-state index is 0.0227. The maximum absolute atomic E-state index is 14.4. The second-order valence-electron chi connectivity index (χ2n) is 12.9. The molecule has 231 valence electrons. The lowest BCUT2D eigenvalue weighted by atomic mass is 9.71. The van der Waals surface area contributed by atoms with Crippen LogP contribution in [0.15, 0.2) is 57.7 Å². The SMILES string of the molecule is CC(=O)C1CC2CN(Cc3cc(C(F)(F)F)c4cn(-c5cccc([C@H]([C]6N=NC=[N+]6C)C6CCC6)c5)c(=O)n4c3)CC(C1)N2. The molecule has 5 heterocycles. The van der Waals surface area contributed by atoms with E-state index in [4.69, 9.17) is 0 Å². The molecule has 7 rings (SSSR count). The van der Waals surface area contributed by atoms with E-state index in [-0.39, 0.29) is 41.8 Å². The van der Waals surface area contributed by atoms with E-state index in [0.717, 1.165) is 48.2 Å². The Morgan fingerprint density at radius 3 is 2.50 bits per heavy atom. The first kappa shape index (κ1) is 29.1. The summed E-state index contributed by atoms with van der Waals surface area (Å²) >= 11 is 0. The zero-order valence-electron chi connectivity index (χ0n) is 24.8. The van der Waals surface area contributed by atoms with Gasteiger partial charge < -0.3 is 5.32 Å². The number of hydrogen-bond acceptors (Lipinski definition) is 6. The maximum atomic E-state index is 14.4. The van der Waals surface area contributed by atoms with Gasteiger partial charge in [0.2, 0.25) is 0 Å². The summed E-state index contributed by atoms with van der Waals surface area (Å²) in [5, 5.41) is 12.0. The third-order valence-corrected chi connectivity index (χ3v) is 9.83. The van der Waals surface area contributed by atoms with Crippen LogP contribution in [0.1, 0.15) is 61.6 Å². The first-order chi connectivity index (χ1) is 21.0. The van der Waals surface area contributed by atoms with Gasteiger partial charge in [-0.1, -0.05) is 18.6 Å². The predicted molar refractivity (Wildman–Crippen MR) is 158 cm³/mol. The van der Waals surface area contributed by atoms with E-state index in [1.807, 2.05) is 29.8 Å². The predicted octanol–water partition coefficient (Wildman–Crippen LogP) is 4.76. The van der Waals surface area contributed by atoms with Gasteiger partial charge in [0, 0.05) is 50.0 Å². The monoisotopic (exact) mass is 607 g/mol. The molecule has 44 heavy (non-hydrogen) atoms. The smallest absolute Gasteiger partial charge is 0.309 e. The largest absolute Gasteiger partial charge is 0.418 e. The Morgan fingerprint density at radius 1 is 1.14 bits per heavy atom. The fourth-order valence-electron chi connectivity index (χ4n) is 7.51. The molecule has 2 unspecified atom stereocenters. The van der Waals surface area contributed by atoms with Gasteiger partial charge in [-0.25, -0.2) is 9.37 Å². The van der Waals surface area contributed by atoms with Crippen molar-refractivity contribution in [3.05, 3.63) is 76.1 Å². The fourth-order valence-corrected chi connectivity index (χ4v) is 7.51. The lowest BCUT2D eigenvalue weighted by molar-refractivity contribution is -0.480. The number of nitrogens with zero attached hydrogens (tertiary/aromatic N) is 6. The Kier molecular flexibility index (Phi) is 7.31. The van der Waals surface area contributed by atoms with E-state index in [0.29, 0.717) is 30.3 Å². The molecule has 1 radical (unpaired) electrons. The van der Waals surface area contributed by atoms with Crippen molar-refractivity contribution in [3.63, 3.8) is 0 Å². The molecule has 9 nitrogen and oxygen atoms in total. The molecule has 1 aliphatic carbocycles. The van der Waals surface area contributed by atoms with Gasteiger partial charge >= 0.3 is 24.4 Å². The van der Waals surface area contributed by atoms with Gasteiger partial charge in [0.1, 0.15) is 5.78 Å². The summed E-state index contributed by atoms with van der Waals surface area (Å²) in [7, 11) is 1.90. The van der Waals surface area contributed by atoms with Gasteiger partial charge in [-0.2, -0.15) is 13.2 Å². The Labute approximate surface area is 253 Å². The number of likely N-dealkylation sites (N-methyl/N-ethyl adjacent to an activating group) is 1. The molecular formula is C32H36F3N7O2+. The molecule has 3 atom stereocenters. The summed E-state index contributed by atoms with van der Waals surface area (Å²) in [6.07, 6.45) is 5.41. The van der Waals surface area contributed by atoms with Crippen molar-refractivity contribution in [2.24, 2.45) is 22.1 Å². The number of pyridine rings is 1. The molecule has 1 aromatic carbocycles. The van der Waals surface area contributed by atoms with Crippen molar-refractivity contribution in [1.29, 1.82) is 0 Å². The number of nitrogens with one attached hydrogen (secondary N) is 1. The summed E-state index contributed by atoms with van der Waals surface area (Å²) in [4.78, 5) is 27.9. The van der Waals surface area contributed by atoms with Crippen LogP contribution in [-0.4, -0.2) is 62.8 Å². The lowest BCUT2D eigenvalue weighted by Crippen LogP contribution is -2.60. The summed E-state index contributed by atoms with van der Waals surface area (Å²) < 4.78 is 47.6. The van der Waals surface area contributed by atoms with E-state index < -0.39 is 17.4 Å². The van der Waals surface area contributed by atoms with Gasteiger partial charge in [0.15, 0.2) is 0 Å². The van der Waals surface area contributed by atoms with E-state index in [1.165, 1.54) is 16.8 Å².